The highest BCUT2D eigenvalue weighted by Gasteiger charge is 2.18. The van der Waals surface area contributed by atoms with E-state index in [9.17, 15) is 4.79 Å². The summed E-state index contributed by atoms with van der Waals surface area (Å²) in [4.78, 5) is 11.3. The van der Waals surface area contributed by atoms with Gasteiger partial charge in [-0.3, -0.25) is 4.79 Å². The fraction of sp³-hybridized carbons (Fsp3) is 0.118. The zero-order valence-electron chi connectivity index (χ0n) is 11.8. The molecular weight excluding hydrogens is 344 g/mol. The van der Waals surface area contributed by atoms with Crippen LogP contribution >= 0.6 is 15.9 Å². The Morgan fingerprint density at radius 1 is 1.23 bits per heavy atom. The lowest BCUT2D eigenvalue weighted by molar-refractivity contribution is -0.118. The number of hydrogen-bond acceptors (Lipinski definition) is 3. The molecule has 0 aliphatic carbocycles. The van der Waals surface area contributed by atoms with Gasteiger partial charge in [0, 0.05) is 11.0 Å². The molecule has 1 amide bonds. The highest BCUT2D eigenvalue weighted by molar-refractivity contribution is 9.11. The molecule has 5 heteroatoms. The second kappa shape index (κ2) is 6.66. The van der Waals surface area contributed by atoms with Crippen LogP contribution in [0.25, 0.3) is 6.08 Å². The Balaban J connectivity index is 1.71. The molecule has 3 rings (SSSR count). The van der Waals surface area contributed by atoms with Gasteiger partial charge in [-0.05, 0) is 23.8 Å². The van der Waals surface area contributed by atoms with Crippen LogP contribution in [0.4, 0.5) is 11.4 Å². The van der Waals surface area contributed by atoms with Crippen molar-refractivity contribution in [1.29, 1.82) is 0 Å². The molecule has 0 saturated heterocycles. The maximum Gasteiger partial charge on any atom is 0.262 e. The van der Waals surface area contributed by atoms with E-state index in [1.54, 1.807) is 0 Å². The third-order valence-corrected chi connectivity index (χ3v) is 3.72. The first-order chi connectivity index (χ1) is 10.7. The fourth-order valence-electron chi connectivity index (χ4n) is 2.21. The normalized spacial score (nSPS) is 13.9. The molecule has 0 saturated carbocycles. The summed E-state index contributed by atoms with van der Waals surface area (Å²) < 4.78 is 6.53. The lowest BCUT2D eigenvalue weighted by Gasteiger charge is -2.21. The largest absolute Gasteiger partial charge is 0.479 e. The lowest BCUT2D eigenvalue weighted by atomic mass is 10.2. The van der Waals surface area contributed by atoms with Crippen molar-refractivity contribution in [3.8, 4) is 5.75 Å². The van der Waals surface area contributed by atoms with E-state index < -0.39 is 0 Å². The van der Waals surface area contributed by atoms with E-state index in [1.165, 1.54) is 0 Å². The zero-order chi connectivity index (χ0) is 15.4. The second-order valence-electron chi connectivity index (χ2n) is 4.87. The van der Waals surface area contributed by atoms with Crippen LogP contribution in [0.15, 0.2) is 53.0 Å². The minimum Gasteiger partial charge on any atom is -0.479 e. The van der Waals surface area contributed by atoms with Crippen molar-refractivity contribution in [1.82, 2.24) is 0 Å². The number of para-hydroxylation sites is 1. The summed E-state index contributed by atoms with van der Waals surface area (Å²) in [7, 11) is 0. The summed E-state index contributed by atoms with van der Waals surface area (Å²) >= 11 is 3.57. The molecule has 0 atom stereocenters. The van der Waals surface area contributed by atoms with Crippen molar-refractivity contribution in [3.63, 3.8) is 0 Å². The van der Waals surface area contributed by atoms with Gasteiger partial charge in [-0.15, -0.1) is 0 Å². The lowest BCUT2D eigenvalue weighted by Crippen LogP contribution is -2.26. The molecule has 1 aliphatic heterocycles. The van der Waals surface area contributed by atoms with E-state index >= 15 is 0 Å². The predicted molar refractivity (Wildman–Crippen MR) is 92.4 cm³/mol. The SMILES string of the molecule is O=C1COc2c(NC/C(Br)=C/c3ccccc3)cccc2N1. The molecule has 2 aromatic rings. The van der Waals surface area contributed by atoms with E-state index in [-0.39, 0.29) is 12.5 Å². The number of nitrogens with one attached hydrogen (secondary N) is 2. The van der Waals surface area contributed by atoms with E-state index in [0.29, 0.717) is 18.0 Å². The van der Waals surface area contributed by atoms with Crippen LogP contribution in [0, 0.1) is 0 Å². The maximum absolute atomic E-state index is 11.3. The van der Waals surface area contributed by atoms with Gasteiger partial charge >= 0.3 is 0 Å². The van der Waals surface area contributed by atoms with E-state index in [1.807, 2.05) is 48.5 Å². The number of carbonyl (C=O) groups excluding carboxylic acids is 1. The van der Waals surface area contributed by atoms with Gasteiger partial charge < -0.3 is 15.4 Å². The summed E-state index contributed by atoms with van der Waals surface area (Å²) in [6.45, 7) is 0.676. The summed E-state index contributed by atoms with van der Waals surface area (Å²) in [5.41, 5.74) is 2.69. The number of hydrogen-bond donors (Lipinski definition) is 2. The van der Waals surface area contributed by atoms with Crippen molar-refractivity contribution in [2.75, 3.05) is 23.8 Å². The molecule has 2 N–H and O–H groups in total. The number of fused-ring (bicyclic) bond motifs is 1. The van der Waals surface area contributed by atoms with Crippen molar-refractivity contribution < 1.29 is 9.53 Å². The number of halogens is 1. The van der Waals surface area contributed by atoms with Gasteiger partial charge in [0.15, 0.2) is 12.4 Å². The smallest absolute Gasteiger partial charge is 0.262 e. The van der Waals surface area contributed by atoms with Crippen molar-refractivity contribution >= 4 is 39.3 Å². The van der Waals surface area contributed by atoms with Crippen LogP contribution in [0.3, 0.4) is 0 Å². The van der Waals surface area contributed by atoms with Gasteiger partial charge in [0.25, 0.3) is 5.91 Å². The number of carbonyl (C=O) groups is 1. The summed E-state index contributed by atoms with van der Waals surface area (Å²) in [6.07, 6.45) is 2.06. The molecule has 0 unspecified atom stereocenters. The Kier molecular flexibility index (Phi) is 4.44. The van der Waals surface area contributed by atoms with Crippen LogP contribution in [-0.4, -0.2) is 19.1 Å². The highest BCUT2D eigenvalue weighted by Crippen LogP contribution is 2.35. The minimum atomic E-state index is -0.130. The van der Waals surface area contributed by atoms with Gasteiger partial charge in [-0.1, -0.05) is 52.3 Å². The average Bonchev–Trinajstić information content (AvgIpc) is 2.53. The third kappa shape index (κ3) is 3.49. The van der Waals surface area contributed by atoms with Gasteiger partial charge in [-0.2, -0.15) is 0 Å². The van der Waals surface area contributed by atoms with Crippen molar-refractivity contribution in [2.45, 2.75) is 0 Å². The summed E-state index contributed by atoms with van der Waals surface area (Å²) in [6, 6.07) is 15.7. The Morgan fingerprint density at radius 3 is 2.86 bits per heavy atom. The zero-order valence-corrected chi connectivity index (χ0v) is 13.4. The molecule has 0 radical (unpaired) electrons. The monoisotopic (exact) mass is 358 g/mol. The molecule has 0 bridgehead atoms. The van der Waals surface area contributed by atoms with Gasteiger partial charge in [0.2, 0.25) is 0 Å². The molecule has 1 heterocycles. The molecule has 2 aromatic carbocycles. The highest BCUT2D eigenvalue weighted by atomic mass is 79.9. The van der Waals surface area contributed by atoms with Gasteiger partial charge in [0.1, 0.15) is 0 Å². The molecule has 22 heavy (non-hydrogen) atoms. The second-order valence-corrected chi connectivity index (χ2v) is 5.89. The van der Waals surface area contributed by atoms with Crippen LogP contribution in [0.2, 0.25) is 0 Å². The Bertz CT molecular complexity index is 714. The molecule has 1 aliphatic rings. The van der Waals surface area contributed by atoms with Crippen LogP contribution < -0.4 is 15.4 Å². The van der Waals surface area contributed by atoms with E-state index in [0.717, 1.165) is 15.7 Å². The van der Waals surface area contributed by atoms with Crippen LogP contribution in [-0.2, 0) is 4.79 Å². The molecular formula is C17H15BrN2O2. The Labute approximate surface area is 137 Å². The van der Waals surface area contributed by atoms with E-state index in [2.05, 4.69) is 32.6 Å². The fourth-order valence-corrected chi connectivity index (χ4v) is 2.62. The first kappa shape index (κ1) is 14.7. The Morgan fingerprint density at radius 2 is 2.05 bits per heavy atom. The summed E-state index contributed by atoms with van der Waals surface area (Å²) in [5.74, 6) is 0.553. The van der Waals surface area contributed by atoms with Crippen molar-refractivity contribution in [2.24, 2.45) is 0 Å². The molecule has 112 valence electrons. The molecule has 0 aromatic heterocycles. The van der Waals surface area contributed by atoms with Gasteiger partial charge in [0.05, 0.1) is 11.4 Å². The average molecular weight is 359 g/mol. The quantitative estimate of drug-likeness (QED) is 0.872. The summed E-state index contributed by atoms with van der Waals surface area (Å²) in [5, 5.41) is 6.11. The number of rotatable bonds is 4. The number of benzene rings is 2. The van der Waals surface area contributed by atoms with Gasteiger partial charge in [-0.25, -0.2) is 0 Å². The standard InChI is InChI=1S/C17H15BrN2O2/c18-13(9-12-5-2-1-3-6-12)10-19-14-7-4-8-15-17(14)22-11-16(21)20-15/h1-9,19H,10-11H2,(H,20,21)/b13-9-. The Hall–Kier alpha value is -2.27. The molecule has 0 spiro atoms. The number of ether oxygens (including phenoxy) is 1. The molecule has 0 fully saturated rings. The van der Waals surface area contributed by atoms with Crippen LogP contribution in [0.1, 0.15) is 5.56 Å². The minimum absolute atomic E-state index is 0.0483. The number of amides is 1. The van der Waals surface area contributed by atoms with E-state index in [4.69, 9.17) is 4.74 Å². The number of anilines is 2. The first-order valence-corrected chi connectivity index (χ1v) is 7.72. The first-order valence-electron chi connectivity index (χ1n) is 6.93. The predicted octanol–water partition coefficient (Wildman–Crippen LogP) is 3.87. The molecule has 4 nitrogen and oxygen atoms in total. The van der Waals surface area contributed by atoms with Crippen LogP contribution in [0.5, 0.6) is 5.75 Å². The maximum atomic E-state index is 11.3. The third-order valence-electron chi connectivity index (χ3n) is 3.21. The topological polar surface area (TPSA) is 50.4 Å². The van der Waals surface area contributed by atoms with Crippen molar-refractivity contribution in [3.05, 3.63) is 58.6 Å².